The second-order valence-electron chi connectivity index (χ2n) is 6.03. The predicted molar refractivity (Wildman–Crippen MR) is 103 cm³/mol. The molecule has 5 nitrogen and oxygen atoms in total. The van der Waals surface area contributed by atoms with E-state index in [2.05, 4.69) is 10.3 Å². The van der Waals surface area contributed by atoms with Crippen LogP contribution in [0.5, 0.6) is 5.75 Å². The Morgan fingerprint density at radius 3 is 3.08 bits per heavy atom. The number of nitrogens with one attached hydrogen (secondary N) is 1. The summed E-state index contributed by atoms with van der Waals surface area (Å²) in [5.41, 5.74) is 1.28. The van der Waals surface area contributed by atoms with Gasteiger partial charge in [-0.05, 0) is 43.2 Å². The summed E-state index contributed by atoms with van der Waals surface area (Å²) in [5, 5.41) is 4.02. The summed E-state index contributed by atoms with van der Waals surface area (Å²) in [6.45, 7) is 1.22. The molecule has 26 heavy (non-hydrogen) atoms. The minimum Gasteiger partial charge on any atom is -0.490 e. The van der Waals surface area contributed by atoms with Crippen LogP contribution in [0.15, 0.2) is 42.5 Å². The molecule has 1 amide bonds. The Hall–Kier alpha value is -2.15. The van der Waals surface area contributed by atoms with Crippen molar-refractivity contribution in [2.75, 3.05) is 18.5 Å². The van der Waals surface area contributed by atoms with Crippen LogP contribution >= 0.6 is 22.9 Å². The van der Waals surface area contributed by atoms with Gasteiger partial charge in [0.2, 0.25) is 0 Å². The molecule has 1 N–H and O–H groups in total. The number of thiazole rings is 1. The molecule has 0 spiro atoms. The number of hydrogen-bond acceptors (Lipinski definition) is 5. The summed E-state index contributed by atoms with van der Waals surface area (Å²) in [7, 11) is 0. The van der Waals surface area contributed by atoms with Crippen LogP contribution in [0.3, 0.4) is 0 Å². The first-order valence-electron chi connectivity index (χ1n) is 8.40. The first kappa shape index (κ1) is 17.3. The van der Waals surface area contributed by atoms with Gasteiger partial charge in [0.05, 0.1) is 21.9 Å². The smallest absolute Gasteiger partial charge is 0.261 e. The maximum atomic E-state index is 12.7. The van der Waals surface area contributed by atoms with E-state index in [-0.39, 0.29) is 12.0 Å². The molecule has 2 aromatic carbocycles. The van der Waals surface area contributed by atoms with Crippen LogP contribution in [0.4, 0.5) is 5.13 Å². The minimum atomic E-state index is -0.252. The van der Waals surface area contributed by atoms with Crippen LogP contribution in [-0.2, 0) is 4.74 Å². The second-order valence-corrected chi connectivity index (χ2v) is 7.49. The van der Waals surface area contributed by atoms with Gasteiger partial charge in [-0.2, -0.15) is 0 Å². The van der Waals surface area contributed by atoms with E-state index in [9.17, 15) is 4.79 Å². The lowest BCUT2D eigenvalue weighted by Crippen LogP contribution is -2.19. The number of aromatic nitrogens is 1. The largest absolute Gasteiger partial charge is 0.490 e. The highest BCUT2D eigenvalue weighted by Crippen LogP contribution is 2.29. The Bertz CT molecular complexity index is 937. The third-order valence-corrected chi connectivity index (χ3v) is 5.32. The zero-order valence-electron chi connectivity index (χ0n) is 13.9. The van der Waals surface area contributed by atoms with Crippen molar-refractivity contribution in [3.05, 3.63) is 53.1 Å². The van der Waals surface area contributed by atoms with Crippen molar-refractivity contribution in [3.63, 3.8) is 0 Å². The number of carbonyl (C=O) groups excluding carboxylic acids is 1. The average molecular weight is 389 g/mol. The van der Waals surface area contributed by atoms with Gasteiger partial charge in [0.1, 0.15) is 12.4 Å². The molecule has 3 aromatic rings. The minimum absolute atomic E-state index is 0.0973. The zero-order valence-corrected chi connectivity index (χ0v) is 15.5. The lowest BCUT2D eigenvalue weighted by molar-refractivity contribution is 0.0673. The topological polar surface area (TPSA) is 60.5 Å². The van der Waals surface area contributed by atoms with E-state index in [1.807, 2.05) is 24.3 Å². The Labute approximate surface area is 159 Å². The molecule has 1 atom stereocenters. The number of fused-ring (bicyclic) bond motifs is 1. The zero-order chi connectivity index (χ0) is 17.9. The summed E-state index contributed by atoms with van der Waals surface area (Å²) in [6, 6.07) is 12.6. The van der Waals surface area contributed by atoms with E-state index < -0.39 is 0 Å². The molecule has 1 saturated heterocycles. The number of benzene rings is 2. The number of amides is 1. The van der Waals surface area contributed by atoms with E-state index in [0.29, 0.717) is 28.1 Å². The summed E-state index contributed by atoms with van der Waals surface area (Å²) in [4.78, 5) is 17.1. The lowest BCUT2D eigenvalue weighted by Gasteiger charge is -2.14. The third-order valence-electron chi connectivity index (χ3n) is 4.15. The molecule has 1 aliphatic rings. The van der Waals surface area contributed by atoms with Crippen molar-refractivity contribution in [2.24, 2.45) is 0 Å². The third kappa shape index (κ3) is 3.82. The van der Waals surface area contributed by atoms with Crippen molar-refractivity contribution in [3.8, 4) is 5.75 Å². The molecule has 0 bridgehead atoms. The number of carbonyl (C=O) groups is 1. The number of rotatable bonds is 5. The highest BCUT2D eigenvalue weighted by atomic mass is 35.5. The van der Waals surface area contributed by atoms with E-state index in [0.717, 1.165) is 29.7 Å². The Morgan fingerprint density at radius 1 is 1.35 bits per heavy atom. The standard InChI is InChI=1S/C19H17ClN2O3S/c20-12-7-8-15-17(10-12)26-19(21-15)22-18(23)14-5-1-2-6-16(14)25-11-13-4-3-9-24-13/h1-2,5-8,10,13H,3-4,9,11H2,(H,21,22,23)/t13-/m1/s1. The van der Waals surface area contributed by atoms with Gasteiger partial charge in [-0.25, -0.2) is 4.98 Å². The van der Waals surface area contributed by atoms with Gasteiger partial charge in [-0.1, -0.05) is 35.1 Å². The molecule has 1 aliphatic heterocycles. The number of ether oxygens (including phenoxy) is 2. The van der Waals surface area contributed by atoms with Crippen molar-refractivity contribution < 1.29 is 14.3 Å². The fourth-order valence-corrected chi connectivity index (χ4v) is 3.99. The molecule has 1 fully saturated rings. The highest BCUT2D eigenvalue weighted by molar-refractivity contribution is 7.22. The van der Waals surface area contributed by atoms with Crippen molar-refractivity contribution in [1.82, 2.24) is 4.98 Å². The molecular weight excluding hydrogens is 372 g/mol. The number of halogens is 1. The van der Waals surface area contributed by atoms with Crippen molar-refractivity contribution >= 4 is 44.2 Å². The molecular formula is C19H17ClN2O3S. The molecule has 0 saturated carbocycles. The molecule has 2 heterocycles. The summed E-state index contributed by atoms with van der Waals surface area (Å²) in [5.74, 6) is 0.294. The van der Waals surface area contributed by atoms with Gasteiger partial charge < -0.3 is 9.47 Å². The van der Waals surface area contributed by atoms with Crippen LogP contribution in [0, 0.1) is 0 Å². The van der Waals surface area contributed by atoms with Gasteiger partial charge in [-0.15, -0.1) is 0 Å². The van der Waals surface area contributed by atoms with Crippen LogP contribution in [0.2, 0.25) is 5.02 Å². The Balaban J connectivity index is 1.49. The Kier molecular flexibility index (Phi) is 5.06. The van der Waals surface area contributed by atoms with Gasteiger partial charge in [-0.3, -0.25) is 10.1 Å². The quantitative estimate of drug-likeness (QED) is 0.684. The number of anilines is 1. The summed E-state index contributed by atoms with van der Waals surface area (Å²) in [6.07, 6.45) is 2.14. The summed E-state index contributed by atoms with van der Waals surface area (Å²) >= 11 is 7.39. The monoisotopic (exact) mass is 388 g/mol. The fraction of sp³-hybridized carbons (Fsp3) is 0.263. The average Bonchev–Trinajstić information content (AvgIpc) is 3.29. The van der Waals surface area contributed by atoms with Crippen LogP contribution < -0.4 is 10.1 Å². The summed E-state index contributed by atoms with van der Waals surface area (Å²) < 4.78 is 12.3. The van der Waals surface area contributed by atoms with Crippen molar-refractivity contribution in [2.45, 2.75) is 18.9 Å². The van der Waals surface area contributed by atoms with E-state index >= 15 is 0 Å². The second kappa shape index (κ2) is 7.61. The van der Waals surface area contributed by atoms with Gasteiger partial charge >= 0.3 is 0 Å². The maximum Gasteiger partial charge on any atom is 0.261 e. The van der Waals surface area contributed by atoms with E-state index in [1.54, 1.807) is 18.2 Å². The first-order valence-corrected chi connectivity index (χ1v) is 9.59. The normalized spacial score (nSPS) is 16.7. The van der Waals surface area contributed by atoms with Crippen LogP contribution in [0.25, 0.3) is 10.2 Å². The molecule has 0 radical (unpaired) electrons. The fourth-order valence-electron chi connectivity index (χ4n) is 2.85. The van der Waals surface area contributed by atoms with E-state index in [4.69, 9.17) is 21.1 Å². The van der Waals surface area contributed by atoms with Crippen LogP contribution in [0.1, 0.15) is 23.2 Å². The molecule has 7 heteroatoms. The van der Waals surface area contributed by atoms with Crippen molar-refractivity contribution in [1.29, 1.82) is 0 Å². The molecule has 0 unspecified atom stereocenters. The number of nitrogens with zero attached hydrogens (tertiary/aromatic N) is 1. The highest BCUT2D eigenvalue weighted by Gasteiger charge is 2.19. The predicted octanol–water partition coefficient (Wildman–Crippen LogP) is 4.76. The van der Waals surface area contributed by atoms with Gasteiger partial charge in [0, 0.05) is 11.6 Å². The molecule has 0 aliphatic carbocycles. The van der Waals surface area contributed by atoms with Crippen LogP contribution in [-0.4, -0.2) is 30.2 Å². The SMILES string of the molecule is O=C(Nc1nc2ccc(Cl)cc2s1)c1ccccc1OC[C@H]1CCCO1. The first-order chi connectivity index (χ1) is 12.7. The maximum absolute atomic E-state index is 12.7. The number of hydrogen-bond donors (Lipinski definition) is 1. The number of para-hydroxylation sites is 1. The molecule has 134 valence electrons. The van der Waals surface area contributed by atoms with E-state index in [1.165, 1.54) is 11.3 Å². The Morgan fingerprint density at radius 2 is 2.23 bits per heavy atom. The molecule has 4 rings (SSSR count). The van der Waals surface area contributed by atoms with Gasteiger partial charge in [0.25, 0.3) is 5.91 Å². The van der Waals surface area contributed by atoms with Gasteiger partial charge in [0.15, 0.2) is 5.13 Å². The lowest BCUT2D eigenvalue weighted by atomic mass is 10.2. The molecule has 1 aromatic heterocycles.